The molecule has 1 unspecified atom stereocenters. The minimum absolute atomic E-state index is 0.00674. The number of carbonyl (C=O) groups is 1. The molecule has 0 amide bonds. The second-order valence-corrected chi connectivity index (χ2v) is 6.40. The van der Waals surface area contributed by atoms with E-state index in [0.29, 0.717) is 17.5 Å². The predicted molar refractivity (Wildman–Crippen MR) is 102 cm³/mol. The van der Waals surface area contributed by atoms with Crippen molar-refractivity contribution in [3.8, 4) is 0 Å². The molecule has 4 rings (SSSR count). The molecule has 0 N–H and O–H groups in total. The summed E-state index contributed by atoms with van der Waals surface area (Å²) in [6.45, 7) is 0. The molecule has 0 spiro atoms. The van der Waals surface area contributed by atoms with Crippen LogP contribution in [0.5, 0.6) is 0 Å². The van der Waals surface area contributed by atoms with Crippen molar-refractivity contribution in [2.24, 2.45) is 5.16 Å². The highest BCUT2D eigenvalue weighted by atomic mass is 16.6. The van der Waals surface area contributed by atoms with Crippen LogP contribution >= 0.6 is 0 Å². The van der Waals surface area contributed by atoms with Gasteiger partial charge in [-0.2, -0.15) is 0 Å². The molecular formula is C23H19NO2. The van der Waals surface area contributed by atoms with Crippen LogP contribution in [-0.4, -0.2) is 17.6 Å². The van der Waals surface area contributed by atoms with Gasteiger partial charge in [-0.05, 0) is 5.56 Å². The van der Waals surface area contributed by atoms with Crippen LogP contribution in [0.4, 0.5) is 0 Å². The van der Waals surface area contributed by atoms with E-state index in [9.17, 15) is 4.79 Å². The summed E-state index contributed by atoms with van der Waals surface area (Å²) in [6, 6.07) is 27.2. The lowest BCUT2D eigenvalue weighted by atomic mass is 9.93. The Morgan fingerprint density at radius 3 is 2.31 bits per heavy atom. The van der Waals surface area contributed by atoms with Gasteiger partial charge in [-0.15, -0.1) is 0 Å². The number of hydrogen-bond donors (Lipinski definition) is 0. The fraction of sp³-hybridized carbons (Fsp3) is 0.130. The zero-order chi connectivity index (χ0) is 17.8. The van der Waals surface area contributed by atoms with Crippen molar-refractivity contribution in [1.82, 2.24) is 0 Å². The first-order valence-corrected chi connectivity index (χ1v) is 8.77. The van der Waals surface area contributed by atoms with Crippen LogP contribution in [0.15, 0.2) is 90.1 Å². The molecule has 3 aromatic rings. The van der Waals surface area contributed by atoms with E-state index in [2.05, 4.69) is 17.3 Å². The number of hydrogen-bond acceptors (Lipinski definition) is 3. The van der Waals surface area contributed by atoms with Gasteiger partial charge in [0.25, 0.3) is 0 Å². The first-order chi connectivity index (χ1) is 12.8. The van der Waals surface area contributed by atoms with Crippen LogP contribution < -0.4 is 0 Å². The molecular weight excluding hydrogens is 322 g/mol. The van der Waals surface area contributed by atoms with E-state index in [1.54, 1.807) is 0 Å². The molecule has 128 valence electrons. The van der Waals surface area contributed by atoms with Crippen LogP contribution in [-0.2, 0) is 11.3 Å². The largest absolute Gasteiger partial charge is 0.391 e. The Morgan fingerprint density at radius 2 is 1.54 bits per heavy atom. The maximum absolute atomic E-state index is 12.9. The van der Waals surface area contributed by atoms with Gasteiger partial charge >= 0.3 is 0 Å². The van der Waals surface area contributed by atoms with Gasteiger partial charge < -0.3 is 4.84 Å². The molecule has 1 heterocycles. The third-order valence-electron chi connectivity index (χ3n) is 4.56. The second-order valence-electron chi connectivity index (χ2n) is 6.40. The van der Waals surface area contributed by atoms with Crippen molar-refractivity contribution in [3.05, 3.63) is 107 Å². The Balaban J connectivity index is 1.55. The highest BCUT2D eigenvalue weighted by Gasteiger charge is 2.25. The minimum Gasteiger partial charge on any atom is -0.391 e. The number of oxime groups is 1. The Morgan fingerprint density at radius 1 is 0.885 bits per heavy atom. The van der Waals surface area contributed by atoms with Gasteiger partial charge in [0.15, 0.2) is 5.78 Å². The zero-order valence-electron chi connectivity index (χ0n) is 14.3. The first kappa shape index (κ1) is 16.3. The Labute approximate surface area is 152 Å². The Bertz CT molecular complexity index is 933. The Hall–Kier alpha value is -3.20. The second kappa shape index (κ2) is 7.36. The van der Waals surface area contributed by atoms with Crippen molar-refractivity contribution in [2.75, 3.05) is 0 Å². The smallest absolute Gasteiger partial charge is 0.193 e. The highest BCUT2D eigenvalue weighted by Crippen LogP contribution is 2.23. The van der Waals surface area contributed by atoms with E-state index >= 15 is 0 Å². The molecule has 0 bridgehead atoms. The van der Waals surface area contributed by atoms with E-state index in [-0.39, 0.29) is 11.9 Å². The lowest BCUT2D eigenvalue weighted by molar-refractivity contribution is 0.0859. The summed E-state index contributed by atoms with van der Waals surface area (Å²) in [7, 11) is 0. The number of nitrogens with zero attached hydrogens (tertiary/aromatic N) is 1. The molecule has 3 aromatic carbocycles. The molecule has 1 aliphatic rings. The molecule has 1 atom stereocenters. The van der Waals surface area contributed by atoms with E-state index < -0.39 is 0 Å². The van der Waals surface area contributed by atoms with Gasteiger partial charge in [-0.25, -0.2) is 0 Å². The monoisotopic (exact) mass is 341 g/mol. The summed E-state index contributed by atoms with van der Waals surface area (Å²) in [5.41, 5.74) is 4.27. The van der Waals surface area contributed by atoms with Crippen molar-refractivity contribution in [2.45, 2.75) is 18.9 Å². The number of benzene rings is 3. The summed E-state index contributed by atoms with van der Waals surface area (Å²) < 4.78 is 0. The molecule has 0 aliphatic carbocycles. The van der Waals surface area contributed by atoms with E-state index in [1.165, 1.54) is 5.56 Å². The molecule has 3 heteroatoms. The van der Waals surface area contributed by atoms with Gasteiger partial charge in [-0.1, -0.05) is 90.1 Å². The van der Waals surface area contributed by atoms with Crippen molar-refractivity contribution in [1.29, 1.82) is 0 Å². The molecule has 0 aromatic heterocycles. The summed E-state index contributed by atoms with van der Waals surface area (Å²) in [6.07, 6.45) is 1.52. The molecule has 0 saturated heterocycles. The highest BCUT2D eigenvalue weighted by molar-refractivity contribution is 6.17. The SMILES string of the molecule is O=C(c1ccccc1)c1ccccc1C1=NOC(Cc2ccccc2)C1. The minimum atomic E-state index is 0.00674. The van der Waals surface area contributed by atoms with Crippen LogP contribution in [0, 0.1) is 0 Å². The first-order valence-electron chi connectivity index (χ1n) is 8.77. The molecule has 3 nitrogen and oxygen atoms in total. The molecule has 0 fully saturated rings. The van der Waals surface area contributed by atoms with Gasteiger partial charge in [0, 0.05) is 29.5 Å². The van der Waals surface area contributed by atoms with Crippen LogP contribution in [0.2, 0.25) is 0 Å². The zero-order valence-corrected chi connectivity index (χ0v) is 14.3. The summed E-state index contributed by atoms with van der Waals surface area (Å²) in [5, 5.41) is 4.28. The predicted octanol–water partition coefficient (Wildman–Crippen LogP) is 4.65. The van der Waals surface area contributed by atoms with Crippen LogP contribution in [0.25, 0.3) is 0 Å². The lowest BCUT2D eigenvalue weighted by Crippen LogP contribution is -2.14. The summed E-state index contributed by atoms with van der Waals surface area (Å²) in [4.78, 5) is 18.5. The molecule has 0 saturated carbocycles. The lowest BCUT2D eigenvalue weighted by Gasteiger charge is -2.09. The van der Waals surface area contributed by atoms with E-state index in [4.69, 9.17) is 4.84 Å². The van der Waals surface area contributed by atoms with E-state index in [0.717, 1.165) is 17.7 Å². The Kier molecular flexibility index (Phi) is 4.61. The quantitative estimate of drug-likeness (QED) is 0.634. The summed E-state index contributed by atoms with van der Waals surface area (Å²) >= 11 is 0. The number of carbonyl (C=O) groups excluding carboxylic acids is 1. The van der Waals surface area contributed by atoms with Crippen LogP contribution in [0.1, 0.15) is 33.5 Å². The van der Waals surface area contributed by atoms with Crippen LogP contribution in [0.3, 0.4) is 0 Å². The third-order valence-corrected chi connectivity index (χ3v) is 4.56. The van der Waals surface area contributed by atoms with Gasteiger partial charge in [0.2, 0.25) is 0 Å². The molecule has 0 radical (unpaired) electrons. The van der Waals surface area contributed by atoms with Crippen molar-refractivity contribution < 1.29 is 9.63 Å². The van der Waals surface area contributed by atoms with Crippen molar-refractivity contribution >= 4 is 11.5 Å². The van der Waals surface area contributed by atoms with Gasteiger partial charge in [-0.3, -0.25) is 4.79 Å². The van der Waals surface area contributed by atoms with Crippen molar-refractivity contribution in [3.63, 3.8) is 0 Å². The normalized spacial score (nSPS) is 16.0. The fourth-order valence-electron chi connectivity index (χ4n) is 3.25. The topological polar surface area (TPSA) is 38.7 Å². The van der Waals surface area contributed by atoms with Gasteiger partial charge in [0.1, 0.15) is 6.10 Å². The maximum Gasteiger partial charge on any atom is 0.193 e. The number of ketones is 1. The summed E-state index contributed by atoms with van der Waals surface area (Å²) in [5.74, 6) is 0.00964. The average Bonchev–Trinajstić information content (AvgIpc) is 3.17. The molecule has 1 aliphatic heterocycles. The fourth-order valence-corrected chi connectivity index (χ4v) is 3.25. The standard InChI is InChI=1S/C23H19NO2/c25-23(18-11-5-2-6-12-18)21-14-8-7-13-20(21)22-16-19(26-24-22)15-17-9-3-1-4-10-17/h1-14,19H,15-16H2. The maximum atomic E-state index is 12.9. The number of rotatable bonds is 5. The molecule has 26 heavy (non-hydrogen) atoms. The third kappa shape index (κ3) is 3.42. The van der Waals surface area contributed by atoms with E-state index in [1.807, 2.05) is 72.8 Å². The average molecular weight is 341 g/mol. The van der Waals surface area contributed by atoms with Gasteiger partial charge in [0.05, 0.1) is 5.71 Å².